The van der Waals surface area contributed by atoms with Crippen molar-refractivity contribution in [2.75, 3.05) is 12.4 Å². The van der Waals surface area contributed by atoms with Crippen molar-refractivity contribution in [2.24, 2.45) is 0 Å². The average Bonchev–Trinajstić information content (AvgIpc) is 3.37. The fourth-order valence-corrected chi connectivity index (χ4v) is 4.28. The van der Waals surface area contributed by atoms with Gasteiger partial charge in [-0.2, -0.15) is 4.98 Å². The van der Waals surface area contributed by atoms with E-state index in [0.29, 0.717) is 28.4 Å². The number of hydrogen-bond acceptors (Lipinski definition) is 7. The Kier molecular flexibility index (Phi) is 4.73. The number of ether oxygens (including phenoxy) is 1. The van der Waals surface area contributed by atoms with Gasteiger partial charge in [0.15, 0.2) is 5.82 Å². The highest BCUT2D eigenvalue weighted by molar-refractivity contribution is 5.84. The average molecular weight is 425 g/mol. The minimum absolute atomic E-state index is 0.140. The maximum Gasteiger partial charge on any atom is 0.244 e. The molecule has 162 valence electrons. The van der Waals surface area contributed by atoms with Crippen LogP contribution in [0.5, 0.6) is 5.88 Å². The first-order chi connectivity index (χ1) is 15.0. The first-order valence-corrected chi connectivity index (χ1v) is 10.4. The number of rotatable bonds is 5. The highest BCUT2D eigenvalue weighted by Crippen LogP contribution is 2.35. The molecule has 0 bridgehead atoms. The molecule has 1 aliphatic carbocycles. The summed E-state index contributed by atoms with van der Waals surface area (Å²) in [5, 5.41) is 18.2. The molecule has 5 rings (SSSR count). The van der Waals surface area contributed by atoms with Gasteiger partial charge in [0.2, 0.25) is 17.6 Å². The summed E-state index contributed by atoms with van der Waals surface area (Å²) in [6.07, 6.45) is 11.9. The van der Waals surface area contributed by atoms with Crippen molar-refractivity contribution < 1.29 is 14.2 Å². The summed E-state index contributed by atoms with van der Waals surface area (Å²) in [6, 6.07) is 0.140. The van der Waals surface area contributed by atoms with E-state index in [4.69, 9.17) is 4.74 Å². The van der Waals surface area contributed by atoms with E-state index in [1.165, 1.54) is 17.8 Å². The van der Waals surface area contributed by atoms with Crippen LogP contribution in [-0.2, 0) is 0 Å². The number of nitrogens with zero attached hydrogens (tertiary/aromatic N) is 6. The second-order valence-electron chi connectivity index (χ2n) is 8.06. The summed E-state index contributed by atoms with van der Waals surface area (Å²) in [5.41, 5.74) is 0.732. The van der Waals surface area contributed by atoms with Gasteiger partial charge in [0.05, 0.1) is 24.5 Å². The number of fused-ring (bicyclic) bond motifs is 2. The van der Waals surface area contributed by atoms with Gasteiger partial charge in [-0.3, -0.25) is 4.40 Å². The Morgan fingerprint density at radius 1 is 1.29 bits per heavy atom. The number of hydrogen-bond donors (Lipinski definition) is 2. The summed E-state index contributed by atoms with van der Waals surface area (Å²) in [7, 11) is 1.50. The molecule has 0 radical (unpaired) electrons. The Hall–Kier alpha value is -3.27. The minimum Gasteiger partial charge on any atom is -0.479 e. The van der Waals surface area contributed by atoms with Crippen LogP contribution < -0.4 is 10.1 Å². The topological polar surface area (TPSA) is 102 Å². The summed E-state index contributed by atoms with van der Waals surface area (Å²) >= 11 is 0. The number of nitrogens with one attached hydrogen (secondary N) is 1. The van der Waals surface area contributed by atoms with Crippen molar-refractivity contribution in [3.63, 3.8) is 0 Å². The minimum atomic E-state index is -0.580. The summed E-state index contributed by atoms with van der Waals surface area (Å²) in [6.45, 7) is 2.01. The number of halogens is 1. The van der Waals surface area contributed by atoms with Crippen LogP contribution in [0.15, 0.2) is 31.0 Å². The molecular formula is C21H24FN7O2. The first kappa shape index (κ1) is 19.7. The number of aliphatic hydroxyl groups is 1. The SMILES string of the molecule is CCC1(O)CCC(Nc2nc(OC)c3c(-c4cnc5nccn5c4)c(F)cn3n2)CC1. The molecule has 0 atom stereocenters. The molecule has 0 unspecified atom stereocenters. The molecule has 10 heteroatoms. The Bertz CT molecular complexity index is 1240. The van der Waals surface area contributed by atoms with Crippen molar-refractivity contribution in [1.82, 2.24) is 29.0 Å². The van der Waals surface area contributed by atoms with Gasteiger partial charge in [-0.1, -0.05) is 6.92 Å². The Balaban J connectivity index is 1.50. The highest BCUT2D eigenvalue weighted by atomic mass is 19.1. The van der Waals surface area contributed by atoms with Gasteiger partial charge < -0.3 is 15.2 Å². The zero-order valence-electron chi connectivity index (χ0n) is 17.4. The molecule has 4 heterocycles. The van der Waals surface area contributed by atoms with E-state index < -0.39 is 11.4 Å². The van der Waals surface area contributed by atoms with E-state index in [1.54, 1.807) is 29.2 Å². The number of aromatic nitrogens is 6. The lowest BCUT2D eigenvalue weighted by atomic mass is 9.80. The van der Waals surface area contributed by atoms with Crippen molar-refractivity contribution in [3.05, 3.63) is 36.8 Å². The fraction of sp³-hybridized carbons (Fsp3) is 0.429. The molecular weight excluding hydrogens is 401 g/mol. The van der Waals surface area contributed by atoms with E-state index in [2.05, 4.69) is 25.4 Å². The zero-order chi connectivity index (χ0) is 21.6. The third-order valence-electron chi connectivity index (χ3n) is 6.19. The molecule has 2 N–H and O–H groups in total. The van der Waals surface area contributed by atoms with Crippen LogP contribution in [0, 0.1) is 5.82 Å². The monoisotopic (exact) mass is 425 g/mol. The van der Waals surface area contributed by atoms with Crippen molar-refractivity contribution in [3.8, 4) is 17.0 Å². The molecule has 1 fully saturated rings. The maximum atomic E-state index is 15.0. The van der Waals surface area contributed by atoms with Gasteiger partial charge >= 0.3 is 0 Å². The van der Waals surface area contributed by atoms with Crippen LogP contribution >= 0.6 is 0 Å². The van der Waals surface area contributed by atoms with Crippen molar-refractivity contribution >= 4 is 17.2 Å². The fourth-order valence-electron chi connectivity index (χ4n) is 4.28. The second kappa shape index (κ2) is 7.45. The smallest absolute Gasteiger partial charge is 0.244 e. The molecule has 0 spiro atoms. The quantitative estimate of drug-likeness (QED) is 0.507. The number of anilines is 1. The van der Waals surface area contributed by atoms with Crippen LogP contribution in [-0.4, -0.2) is 52.8 Å². The molecule has 9 nitrogen and oxygen atoms in total. The Morgan fingerprint density at radius 2 is 2.10 bits per heavy atom. The summed E-state index contributed by atoms with van der Waals surface area (Å²) < 4.78 is 23.7. The third-order valence-corrected chi connectivity index (χ3v) is 6.19. The van der Waals surface area contributed by atoms with Gasteiger partial charge in [-0.05, 0) is 32.1 Å². The number of imidazole rings is 1. The first-order valence-electron chi connectivity index (χ1n) is 10.4. The molecule has 0 saturated heterocycles. The maximum absolute atomic E-state index is 15.0. The van der Waals surface area contributed by atoms with Crippen molar-refractivity contribution in [2.45, 2.75) is 50.7 Å². The Labute approximate surface area is 177 Å². The largest absolute Gasteiger partial charge is 0.479 e. The van der Waals surface area contributed by atoms with Gasteiger partial charge in [-0.25, -0.2) is 18.9 Å². The third kappa shape index (κ3) is 3.46. The van der Waals surface area contributed by atoms with Gasteiger partial charge in [0.25, 0.3) is 0 Å². The van der Waals surface area contributed by atoms with E-state index in [-0.39, 0.29) is 11.9 Å². The summed E-state index contributed by atoms with van der Waals surface area (Å²) in [5.74, 6) is 0.713. The van der Waals surface area contributed by atoms with E-state index in [0.717, 1.165) is 32.1 Å². The molecule has 1 aliphatic rings. The van der Waals surface area contributed by atoms with Crippen LogP contribution in [0.3, 0.4) is 0 Å². The van der Waals surface area contributed by atoms with E-state index in [9.17, 15) is 5.11 Å². The molecule has 0 aliphatic heterocycles. The van der Waals surface area contributed by atoms with E-state index in [1.807, 2.05) is 6.92 Å². The van der Waals surface area contributed by atoms with Crippen LogP contribution in [0.2, 0.25) is 0 Å². The zero-order valence-corrected chi connectivity index (χ0v) is 17.4. The van der Waals surface area contributed by atoms with Crippen LogP contribution in [0.1, 0.15) is 39.0 Å². The molecule has 0 amide bonds. The van der Waals surface area contributed by atoms with Gasteiger partial charge in [0.1, 0.15) is 5.52 Å². The van der Waals surface area contributed by atoms with Crippen LogP contribution in [0.4, 0.5) is 10.3 Å². The predicted octanol–water partition coefficient (Wildman–Crippen LogP) is 3.08. The lowest BCUT2D eigenvalue weighted by Gasteiger charge is -2.35. The van der Waals surface area contributed by atoms with Gasteiger partial charge in [-0.15, -0.1) is 5.10 Å². The second-order valence-corrected chi connectivity index (χ2v) is 8.06. The normalized spacial score (nSPS) is 21.6. The molecule has 1 saturated carbocycles. The van der Waals surface area contributed by atoms with Crippen LogP contribution in [0.25, 0.3) is 22.4 Å². The van der Waals surface area contributed by atoms with Crippen molar-refractivity contribution in [1.29, 1.82) is 0 Å². The lowest BCUT2D eigenvalue weighted by Crippen LogP contribution is -2.38. The standard InChI is InChI=1S/C21H24FN7O2/c1-3-21(30)6-4-14(5-7-21)25-19-26-18(31-2)17-16(15(22)12-29(17)27-19)13-10-24-20-23-8-9-28(20)11-13/h8-12,14,30H,3-7H2,1-2H3,(H,25,27). The molecule has 4 aromatic heterocycles. The highest BCUT2D eigenvalue weighted by Gasteiger charge is 2.32. The predicted molar refractivity (Wildman–Crippen MR) is 113 cm³/mol. The molecule has 0 aromatic carbocycles. The molecule has 31 heavy (non-hydrogen) atoms. The van der Waals surface area contributed by atoms with E-state index >= 15 is 4.39 Å². The Morgan fingerprint density at radius 3 is 2.84 bits per heavy atom. The molecule has 4 aromatic rings. The number of methoxy groups -OCH3 is 1. The summed E-state index contributed by atoms with van der Waals surface area (Å²) in [4.78, 5) is 12.9. The lowest BCUT2D eigenvalue weighted by molar-refractivity contribution is -0.00199. The van der Waals surface area contributed by atoms with Gasteiger partial charge in [0, 0.05) is 36.4 Å².